The molecule has 0 amide bonds. The molecule has 1 aromatic carbocycles. The lowest BCUT2D eigenvalue weighted by Gasteiger charge is -2.13. The molecule has 0 bridgehead atoms. The van der Waals surface area contributed by atoms with Crippen molar-refractivity contribution < 1.29 is 9.50 Å². The molecule has 100 valence electrons. The molecule has 0 saturated carbocycles. The van der Waals surface area contributed by atoms with Gasteiger partial charge in [0.1, 0.15) is 5.82 Å². The minimum absolute atomic E-state index is 0.0522. The van der Waals surface area contributed by atoms with Crippen LogP contribution in [0.3, 0.4) is 0 Å². The van der Waals surface area contributed by atoms with Crippen molar-refractivity contribution >= 4 is 0 Å². The zero-order valence-corrected chi connectivity index (χ0v) is 10.7. The number of rotatable bonds is 5. The van der Waals surface area contributed by atoms with E-state index in [4.69, 9.17) is 5.11 Å². The molecule has 2 rings (SSSR count). The fourth-order valence-corrected chi connectivity index (χ4v) is 1.77. The van der Waals surface area contributed by atoms with Gasteiger partial charge in [0.05, 0.1) is 12.3 Å². The molecule has 19 heavy (non-hydrogen) atoms. The first-order valence-corrected chi connectivity index (χ1v) is 6.08. The molecule has 0 fully saturated rings. The summed E-state index contributed by atoms with van der Waals surface area (Å²) < 4.78 is 13.2. The maximum absolute atomic E-state index is 13.2. The van der Waals surface area contributed by atoms with Crippen LogP contribution in [0.5, 0.6) is 0 Å². The van der Waals surface area contributed by atoms with Crippen molar-refractivity contribution in [3.63, 3.8) is 0 Å². The third-order valence-electron chi connectivity index (χ3n) is 2.92. The van der Waals surface area contributed by atoms with Crippen LogP contribution in [-0.2, 0) is 13.2 Å². The fraction of sp³-hybridized carbons (Fsp3) is 0.286. The third kappa shape index (κ3) is 3.56. The predicted molar refractivity (Wildman–Crippen MR) is 69.6 cm³/mol. The first-order valence-electron chi connectivity index (χ1n) is 6.08. The van der Waals surface area contributed by atoms with Gasteiger partial charge >= 0.3 is 0 Å². The molecule has 2 aromatic rings. The molecule has 0 aliphatic carbocycles. The van der Waals surface area contributed by atoms with E-state index in [9.17, 15) is 4.39 Å². The molecule has 0 aliphatic rings. The van der Waals surface area contributed by atoms with Gasteiger partial charge in [-0.25, -0.2) is 4.39 Å². The molecular weight excluding hydrogens is 245 g/mol. The van der Waals surface area contributed by atoms with E-state index in [1.54, 1.807) is 30.7 Å². The van der Waals surface area contributed by atoms with Crippen molar-refractivity contribution in [2.24, 2.45) is 0 Å². The van der Waals surface area contributed by atoms with Gasteiger partial charge in [-0.15, -0.1) is 0 Å². The van der Waals surface area contributed by atoms with E-state index in [0.717, 1.165) is 11.3 Å². The number of hydrogen-bond donors (Lipinski definition) is 2. The maximum atomic E-state index is 13.2. The van der Waals surface area contributed by atoms with Crippen molar-refractivity contribution in [2.45, 2.75) is 26.1 Å². The van der Waals surface area contributed by atoms with Crippen LogP contribution < -0.4 is 5.32 Å². The second-order valence-electron chi connectivity index (χ2n) is 4.32. The number of aromatic nitrogens is 2. The average molecular weight is 261 g/mol. The van der Waals surface area contributed by atoms with Gasteiger partial charge in [-0.1, -0.05) is 6.07 Å². The molecule has 4 nitrogen and oxygen atoms in total. The van der Waals surface area contributed by atoms with E-state index in [1.165, 1.54) is 6.07 Å². The Morgan fingerprint density at radius 3 is 2.89 bits per heavy atom. The molecule has 1 unspecified atom stereocenters. The number of halogens is 1. The van der Waals surface area contributed by atoms with Crippen LogP contribution in [-0.4, -0.2) is 15.1 Å². The summed E-state index contributed by atoms with van der Waals surface area (Å²) in [6, 6.07) is 4.78. The average Bonchev–Trinajstić information content (AvgIpc) is 2.47. The lowest BCUT2D eigenvalue weighted by molar-refractivity contribution is 0.275. The Hall–Kier alpha value is -1.85. The Kier molecular flexibility index (Phi) is 4.54. The zero-order chi connectivity index (χ0) is 13.7. The fourth-order valence-electron chi connectivity index (χ4n) is 1.77. The van der Waals surface area contributed by atoms with Crippen LogP contribution >= 0.6 is 0 Å². The highest BCUT2D eigenvalue weighted by molar-refractivity contribution is 5.24. The van der Waals surface area contributed by atoms with Crippen LogP contribution in [0.1, 0.15) is 29.8 Å². The minimum atomic E-state index is -0.381. The maximum Gasteiger partial charge on any atom is 0.128 e. The molecule has 0 saturated heterocycles. The lowest BCUT2D eigenvalue weighted by atomic mass is 10.1. The predicted octanol–water partition coefficient (Wildman–Crippen LogP) is 1.96. The first kappa shape index (κ1) is 13.6. The Bertz CT molecular complexity index is 533. The van der Waals surface area contributed by atoms with Gasteiger partial charge in [-0.2, -0.15) is 0 Å². The van der Waals surface area contributed by atoms with Crippen molar-refractivity contribution in [3.05, 3.63) is 59.4 Å². The van der Waals surface area contributed by atoms with Gasteiger partial charge in [-0.05, 0) is 24.6 Å². The van der Waals surface area contributed by atoms with Gasteiger partial charge in [0.15, 0.2) is 0 Å². The number of nitrogens with one attached hydrogen (secondary N) is 1. The van der Waals surface area contributed by atoms with E-state index in [0.29, 0.717) is 12.1 Å². The van der Waals surface area contributed by atoms with Gasteiger partial charge in [0.2, 0.25) is 0 Å². The van der Waals surface area contributed by atoms with Gasteiger partial charge in [-0.3, -0.25) is 9.97 Å². The van der Waals surface area contributed by atoms with Gasteiger partial charge in [0, 0.05) is 36.7 Å². The highest BCUT2D eigenvalue weighted by Crippen LogP contribution is 2.12. The topological polar surface area (TPSA) is 58.0 Å². The molecule has 1 heterocycles. The molecule has 0 spiro atoms. The van der Waals surface area contributed by atoms with Crippen molar-refractivity contribution in [2.75, 3.05) is 0 Å². The highest BCUT2D eigenvalue weighted by atomic mass is 19.1. The second kappa shape index (κ2) is 6.36. The molecule has 1 atom stereocenters. The van der Waals surface area contributed by atoms with Crippen molar-refractivity contribution in [1.29, 1.82) is 0 Å². The van der Waals surface area contributed by atoms with E-state index < -0.39 is 0 Å². The van der Waals surface area contributed by atoms with E-state index >= 15 is 0 Å². The molecule has 5 heteroatoms. The van der Waals surface area contributed by atoms with Crippen molar-refractivity contribution in [3.8, 4) is 0 Å². The summed E-state index contributed by atoms with van der Waals surface area (Å²) in [4.78, 5) is 8.23. The van der Waals surface area contributed by atoms with E-state index in [-0.39, 0.29) is 18.5 Å². The minimum Gasteiger partial charge on any atom is -0.392 e. The molecule has 0 aliphatic heterocycles. The first-order chi connectivity index (χ1) is 9.20. The summed E-state index contributed by atoms with van der Waals surface area (Å²) in [7, 11) is 0. The van der Waals surface area contributed by atoms with Gasteiger partial charge < -0.3 is 10.4 Å². The van der Waals surface area contributed by atoms with Crippen LogP contribution in [0, 0.1) is 5.82 Å². The monoisotopic (exact) mass is 261 g/mol. The smallest absolute Gasteiger partial charge is 0.128 e. The Labute approximate surface area is 111 Å². The Morgan fingerprint density at radius 1 is 1.37 bits per heavy atom. The Balaban J connectivity index is 1.99. The number of aliphatic hydroxyl groups is 1. The number of aliphatic hydroxyl groups excluding tert-OH is 1. The molecule has 1 aromatic heterocycles. The standard InChI is InChI=1S/C14H16FN3O/c1-10(14-8-16-4-5-17-14)18-7-11-2-3-13(15)12(6-11)9-19/h2-6,8,10,18-19H,7,9H2,1H3. The summed E-state index contributed by atoms with van der Waals surface area (Å²) in [5.41, 5.74) is 2.08. The lowest BCUT2D eigenvalue weighted by Crippen LogP contribution is -2.19. The quantitative estimate of drug-likeness (QED) is 0.864. The largest absolute Gasteiger partial charge is 0.392 e. The summed E-state index contributed by atoms with van der Waals surface area (Å²) >= 11 is 0. The molecular formula is C14H16FN3O. The van der Waals surface area contributed by atoms with E-state index in [2.05, 4.69) is 15.3 Å². The summed E-state index contributed by atoms with van der Waals surface area (Å²) in [6.07, 6.45) is 4.99. The zero-order valence-electron chi connectivity index (χ0n) is 10.7. The Morgan fingerprint density at radius 2 is 2.21 bits per heavy atom. The van der Waals surface area contributed by atoms with Crippen LogP contribution in [0.2, 0.25) is 0 Å². The summed E-state index contributed by atoms with van der Waals surface area (Å²) in [5, 5.41) is 12.3. The third-order valence-corrected chi connectivity index (χ3v) is 2.92. The second-order valence-corrected chi connectivity index (χ2v) is 4.32. The van der Waals surface area contributed by atoms with Crippen LogP contribution in [0.25, 0.3) is 0 Å². The number of nitrogens with zero attached hydrogens (tertiary/aromatic N) is 2. The molecule has 0 radical (unpaired) electrons. The van der Waals surface area contributed by atoms with Crippen LogP contribution in [0.15, 0.2) is 36.8 Å². The van der Waals surface area contributed by atoms with Crippen LogP contribution in [0.4, 0.5) is 4.39 Å². The van der Waals surface area contributed by atoms with Gasteiger partial charge in [0.25, 0.3) is 0 Å². The number of hydrogen-bond acceptors (Lipinski definition) is 4. The SMILES string of the molecule is CC(NCc1ccc(F)c(CO)c1)c1cnccn1. The highest BCUT2D eigenvalue weighted by Gasteiger charge is 2.07. The normalized spacial score (nSPS) is 12.4. The molecule has 2 N–H and O–H groups in total. The number of benzene rings is 1. The summed E-state index contributed by atoms with van der Waals surface area (Å²) in [6.45, 7) is 2.27. The van der Waals surface area contributed by atoms with E-state index in [1.807, 2.05) is 6.92 Å². The van der Waals surface area contributed by atoms with Crippen molar-refractivity contribution in [1.82, 2.24) is 15.3 Å². The summed E-state index contributed by atoms with van der Waals surface area (Å²) in [5.74, 6) is -0.381.